The van der Waals surface area contributed by atoms with E-state index in [1.54, 1.807) is 10.9 Å². The number of aromatic nitrogens is 2. The van der Waals surface area contributed by atoms with Crippen LogP contribution in [0.25, 0.3) is 0 Å². The lowest BCUT2D eigenvalue weighted by molar-refractivity contribution is 0.0600. The van der Waals surface area contributed by atoms with E-state index in [4.69, 9.17) is 5.73 Å². The van der Waals surface area contributed by atoms with Crippen molar-refractivity contribution in [2.45, 2.75) is 37.2 Å². The highest BCUT2D eigenvalue weighted by Crippen LogP contribution is 2.29. The van der Waals surface area contributed by atoms with Gasteiger partial charge < -0.3 is 10.8 Å². The molecular weight excluding hydrogens is 282 g/mol. The van der Waals surface area contributed by atoms with Gasteiger partial charge in [0, 0.05) is 24.9 Å². The van der Waals surface area contributed by atoms with Gasteiger partial charge in [-0.05, 0) is 25.3 Å². The molecule has 1 amide bonds. The van der Waals surface area contributed by atoms with Crippen LogP contribution in [0.2, 0.25) is 0 Å². The summed E-state index contributed by atoms with van der Waals surface area (Å²) in [5.74, 6) is -0.654. The Hall–Kier alpha value is -1.41. The highest BCUT2D eigenvalue weighted by Gasteiger charge is 2.34. The Kier molecular flexibility index (Phi) is 4.14. The molecule has 0 saturated heterocycles. The van der Waals surface area contributed by atoms with Gasteiger partial charge in [0.1, 0.15) is 15.5 Å². The lowest BCUT2D eigenvalue weighted by Crippen LogP contribution is -2.37. The Morgan fingerprint density at radius 3 is 2.75 bits per heavy atom. The molecule has 20 heavy (non-hydrogen) atoms. The van der Waals surface area contributed by atoms with Crippen LogP contribution in [-0.4, -0.2) is 46.8 Å². The third-order valence-electron chi connectivity index (χ3n) is 3.83. The molecule has 112 valence electrons. The first-order valence-corrected chi connectivity index (χ1v) is 8.43. The standard InChI is InChI=1S/C12H19N3O4S/c1-20(18,19)9-3-2-8(11(16)6-9)7-15-5-4-10(14-15)12(13)17/h4-5,8-9,11,16H,2-3,6-7H2,1H3,(H2,13,17). The molecule has 1 aliphatic carbocycles. The molecule has 0 spiro atoms. The second-order valence-corrected chi connectivity index (χ2v) is 7.71. The van der Waals surface area contributed by atoms with Gasteiger partial charge in [0.15, 0.2) is 0 Å². The van der Waals surface area contributed by atoms with Crippen molar-refractivity contribution in [3.8, 4) is 0 Å². The molecule has 1 aromatic rings. The van der Waals surface area contributed by atoms with Crippen molar-refractivity contribution in [2.75, 3.05) is 6.26 Å². The molecule has 1 saturated carbocycles. The zero-order valence-corrected chi connectivity index (χ0v) is 12.1. The second kappa shape index (κ2) is 5.53. The molecule has 0 radical (unpaired) electrons. The van der Waals surface area contributed by atoms with Crippen molar-refractivity contribution in [3.05, 3.63) is 18.0 Å². The van der Waals surface area contributed by atoms with Gasteiger partial charge in [-0.25, -0.2) is 8.42 Å². The minimum atomic E-state index is -3.11. The molecule has 8 heteroatoms. The summed E-state index contributed by atoms with van der Waals surface area (Å²) in [7, 11) is -3.11. The van der Waals surface area contributed by atoms with E-state index in [9.17, 15) is 18.3 Å². The Morgan fingerprint density at radius 2 is 2.25 bits per heavy atom. The van der Waals surface area contributed by atoms with Gasteiger partial charge in [0.25, 0.3) is 5.91 Å². The van der Waals surface area contributed by atoms with Crippen molar-refractivity contribution >= 4 is 15.7 Å². The second-order valence-electron chi connectivity index (χ2n) is 5.38. The first-order chi connectivity index (χ1) is 9.27. The third kappa shape index (κ3) is 3.37. The van der Waals surface area contributed by atoms with Crippen LogP contribution >= 0.6 is 0 Å². The van der Waals surface area contributed by atoms with Crippen molar-refractivity contribution < 1.29 is 18.3 Å². The lowest BCUT2D eigenvalue weighted by Gasteiger charge is -2.32. The van der Waals surface area contributed by atoms with Crippen molar-refractivity contribution in [1.29, 1.82) is 0 Å². The number of primary amides is 1. The van der Waals surface area contributed by atoms with E-state index in [-0.39, 0.29) is 18.0 Å². The fraction of sp³-hybridized carbons (Fsp3) is 0.667. The molecule has 1 aliphatic rings. The van der Waals surface area contributed by atoms with Crippen LogP contribution in [-0.2, 0) is 16.4 Å². The van der Waals surface area contributed by atoms with Crippen LogP contribution in [0, 0.1) is 5.92 Å². The first-order valence-electron chi connectivity index (χ1n) is 6.47. The fourth-order valence-corrected chi connectivity index (χ4v) is 3.72. The molecule has 1 aromatic heterocycles. The Morgan fingerprint density at radius 1 is 1.55 bits per heavy atom. The van der Waals surface area contributed by atoms with E-state index >= 15 is 0 Å². The summed E-state index contributed by atoms with van der Waals surface area (Å²) in [5, 5.41) is 13.6. The average molecular weight is 301 g/mol. The number of carbonyl (C=O) groups excluding carboxylic acids is 1. The van der Waals surface area contributed by atoms with Crippen molar-refractivity contribution in [1.82, 2.24) is 9.78 Å². The number of nitrogens with two attached hydrogens (primary N) is 1. The Labute approximate surface area is 117 Å². The van der Waals surface area contributed by atoms with Gasteiger partial charge in [-0.15, -0.1) is 0 Å². The van der Waals surface area contributed by atoms with Crippen molar-refractivity contribution in [2.24, 2.45) is 11.7 Å². The van der Waals surface area contributed by atoms with Gasteiger partial charge in [-0.3, -0.25) is 9.48 Å². The molecule has 1 fully saturated rings. The highest BCUT2D eigenvalue weighted by atomic mass is 32.2. The summed E-state index contributed by atoms with van der Waals surface area (Å²) in [6, 6.07) is 1.52. The van der Waals surface area contributed by atoms with Gasteiger partial charge >= 0.3 is 0 Å². The van der Waals surface area contributed by atoms with Crippen LogP contribution in [0.4, 0.5) is 0 Å². The molecule has 0 aliphatic heterocycles. The van der Waals surface area contributed by atoms with Crippen LogP contribution in [0.1, 0.15) is 29.8 Å². The fourth-order valence-electron chi connectivity index (χ4n) is 2.61. The highest BCUT2D eigenvalue weighted by molar-refractivity contribution is 7.91. The molecule has 3 N–H and O–H groups in total. The molecule has 1 heterocycles. The molecular formula is C12H19N3O4S. The summed E-state index contributed by atoms with van der Waals surface area (Å²) in [4.78, 5) is 11.0. The first kappa shape index (κ1) is 15.0. The summed E-state index contributed by atoms with van der Waals surface area (Å²) in [5.41, 5.74) is 5.31. The van der Waals surface area contributed by atoms with E-state index in [1.165, 1.54) is 12.3 Å². The van der Waals surface area contributed by atoms with Crippen LogP contribution in [0.3, 0.4) is 0 Å². The number of nitrogens with zero attached hydrogens (tertiary/aromatic N) is 2. The minimum absolute atomic E-state index is 0.0615. The number of amides is 1. The van der Waals surface area contributed by atoms with Gasteiger partial charge in [-0.1, -0.05) is 0 Å². The summed E-state index contributed by atoms with van der Waals surface area (Å²) >= 11 is 0. The third-order valence-corrected chi connectivity index (χ3v) is 5.47. The van der Waals surface area contributed by atoms with E-state index in [0.717, 1.165) is 0 Å². The number of rotatable bonds is 4. The number of hydrogen-bond acceptors (Lipinski definition) is 5. The maximum Gasteiger partial charge on any atom is 0.269 e. The molecule has 3 atom stereocenters. The summed E-state index contributed by atoms with van der Waals surface area (Å²) in [6.07, 6.45) is 3.58. The zero-order chi connectivity index (χ0) is 14.9. The van der Waals surface area contributed by atoms with E-state index in [0.29, 0.717) is 19.4 Å². The monoisotopic (exact) mass is 301 g/mol. The van der Waals surface area contributed by atoms with Gasteiger partial charge in [0.05, 0.1) is 11.4 Å². The molecule has 7 nitrogen and oxygen atoms in total. The van der Waals surface area contributed by atoms with E-state index in [1.807, 2.05) is 0 Å². The Balaban J connectivity index is 1.99. The maximum absolute atomic E-state index is 11.5. The summed E-state index contributed by atoms with van der Waals surface area (Å²) in [6.45, 7) is 0.449. The van der Waals surface area contributed by atoms with Crippen LogP contribution < -0.4 is 5.73 Å². The predicted octanol–water partition coefficient (Wildman–Crippen LogP) is -0.444. The Bertz CT molecular complexity index is 596. The number of sulfone groups is 1. The quantitative estimate of drug-likeness (QED) is 0.782. The van der Waals surface area contributed by atoms with Gasteiger partial charge in [-0.2, -0.15) is 5.10 Å². The predicted molar refractivity (Wildman–Crippen MR) is 72.7 cm³/mol. The smallest absolute Gasteiger partial charge is 0.269 e. The van der Waals surface area contributed by atoms with Crippen LogP contribution in [0.5, 0.6) is 0 Å². The normalized spacial score (nSPS) is 27.4. The minimum Gasteiger partial charge on any atom is -0.393 e. The van der Waals surface area contributed by atoms with E-state index in [2.05, 4.69) is 5.10 Å². The number of carbonyl (C=O) groups is 1. The van der Waals surface area contributed by atoms with E-state index < -0.39 is 27.1 Å². The number of aliphatic hydroxyl groups excluding tert-OH is 1. The average Bonchev–Trinajstić information content (AvgIpc) is 2.79. The molecule has 0 aromatic carbocycles. The maximum atomic E-state index is 11.5. The largest absolute Gasteiger partial charge is 0.393 e. The number of aliphatic hydroxyl groups is 1. The number of hydrogen-bond donors (Lipinski definition) is 2. The summed E-state index contributed by atoms with van der Waals surface area (Å²) < 4.78 is 24.6. The zero-order valence-electron chi connectivity index (χ0n) is 11.3. The molecule has 2 rings (SSSR count). The SMILES string of the molecule is CS(=O)(=O)C1CCC(Cn2ccc(C(N)=O)n2)C(O)C1. The topological polar surface area (TPSA) is 115 Å². The van der Waals surface area contributed by atoms with Crippen LogP contribution in [0.15, 0.2) is 12.3 Å². The van der Waals surface area contributed by atoms with Crippen molar-refractivity contribution in [3.63, 3.8) is 0 Å². The molecule has 3 unspecified atom stereocenters. The molecule has 0 bridgehead atoms. The lowest BCUT2D eigenvalue weighted by atomic mass is 9.86. The van der Waals surface area contributed by atoms with Gasteiger partial charge in [0.2, 0.25) is 0 Å².